The summed E-state index contributed by atoms with van der Waals surface area (Å²) in [7, 11) is 4.69. The zero-order valence-corrected chi connectivity index (χ0v) is 22.5. The predicted molar refractivity (Wildman–Crippen MR) is 143 cm³/mol. The summed E-state index contributed by atoms with van der Waals surface area (Å²) in [6.45, 7) is 11.2. The Balaban J connectivity index is 0.00000109. The molecule has 3 aromatic rings. The van der Waals surface area contributed by atoms with E-state index in [2.05, 4.69) is 10.00 Å². The number of hydrogen-bond acceptors (Lipinski definition) is 7. The maximum absolute atomic E-state index is 13.1. The Morgan fingerprint density at radius 2 is 1.53 bits per heavy atom. The number of hydrogen-bond donors (Lipinski definition) is 0. The summed E-state index contributed by atoms with van der Waals surface area (Å²) < 4.78 is 22.9. The van der Waals surface area contributed by atoms with Crippen molar-refractivity contribution in [2.75, 3.05) is 52.5 Å². The maximum atomic E-state index is 13.1. The van der Waals surface area contributed by atoms with Crippen molar-refractivity contribution in [2.24, 2.45) is 0 Å². The molecule has 1 aliphatic heterocycles. The number of carbonyl (C=O) groups is 1. The van der Waals surface area contributed by atoms with E-state index >= 15 is 0 Å². The molecule has 0 bridgehead atoms. The Bertz CT molecular complexity index is 1060. The lowest BCUT2D eigenvalue weighted by Crippen LogP contribution is -2.36. The van der Waals surface area contributed by atoms with Crippen LogP contribution in [0.5, 0.6) is 11.5 Å². The summed E-state index contributed by atoms with van der Waals surface area (Å²) in [6, 6.07) is 15.2. The van der Waals surface area contributed by atoms with Gasteiger partial charge in [-0.3, -0.25) is 4.79 Å². The molecule has 0 N–H and O–H groups in total. The summed E-state index contributed by atoms with van der Waals surface area (Å²) in [4.78, 5) is 15.4. The highest BCUT2D eigenvalue weighted by atomic mass is 16.5. The Labute approximate surface area is 214 Å². The van der Waals surface area contributed by atoms with Gasteiger partial charge in [-0.15, -0.1) is 0 Å². The smallest absolute Gasteiger partial charge is 0.280 e. The molecule has 0 radical (unpaired) electrons. The largest absolute Gasteiger partial charge is 0.493 e. The van der Waals surface area contributed by atoms with Crippen molar-refractivity contribution in [2.45, 2.75) is 33.8 Å². The fraction of sp³-hybridized carbons (Fsp3) is 0.429. The number of nitrogens with zero attached hydrogens (tertiary/aromatic N) is 3. The first-order valence-electron chi connectivity index (χ1n) is 12.4. The molecule has 4 rings (SSSR count). The monoisotopic (exact) mass is 497 g/mol. The van der Waals surface area contributed by atoms with Gasteiger partial charge in [0.15, 0.2) is 17.6 Å². The summed E-state index contributed by atoms with van der Waals surface area (Å²) >= 11 is 0. The van der Waals surface area contributed by atoms with E-state index in [9.17, 15) is 4.79 Å². The number of ether oxygens (including phenoxy) is 4. The minimum atomic E-state index is -0.758. The zero-order chi connectivity index (χ0) is 26.5. The van der Waals surface area contributed by atoms with E-state index in [0.717, 1.165) is 43.1 Å². The van der Waals surface area contributed by atoms with Gasteiger partial charge in [-0.05, 0) is 42.0 Å². The zero-order valence-electron chi connectivity index (χ0n) is 22.5. The van der Waals surface area contributed by atoms with Crippen LogP contribution in [-0.2, 0) is 9.47 Å². The lowest BCUT2D eigenvalue weighted by atomic mass is 10.1. The molecule has 1 aromatic heterocycles. The lowest BCUT2D eigenvalue weighted by molar-refractivity contribution is 0.0498. The van der Waals surface area contributed by atoms with Crippen LogP contribution in [-0.4, -0.2) is 63.3 Å². The van der Waals surface area contributed by atoms with Crippen LogP contribution in [0.3, 0.4) is 0 Å². The van der Waals surface area contributed by atoms with Crippen molar-refractivity contribution in [3.8, 4) is 22.8 Å². The first-order chi connectivity index (χ1) is 17.6. The standard InChI is InChI=1S/C24H27N3O5.2C2H6/c1-29-21-9-6-18(16-22(21)30-2)20-10-11-27(25-20)24(28)23(31-3)17-4-7-19(8-5-17)26-12-14-32-15-13-26;2*1-2/h4-11,16,23H,12-15H2,1-3H3;2*1-2H3. The minimum absolute atomic E-state index is 0.265. The van der Waals surface area contributed by atoms with Crippen LogP contribution < -0.4 is 14.4 Å². The highest BCUT2D eigenvalue weighted by Gasteiger charge is 2.23. The van der Waals surface area contributed by atoms with E-state index in [1.165, 1.54) is 11.8 Å². The summed E-state index contributed by atoms with van der Waals surface area (Å²) in [5.74, 6) is 0.964. The molecule has 2 aromatic carbocycles. The Hall–Kier alpha value is -3.36. The molecule has 1 atom stereocenters. The summed E-state index contributed by atoms with van der Waals surface area (Å²) in [6.07, 6.45) is 0.884. The van der Waals surface area contributed by atoms with Gasteiger partial charge in [-0.2, -0.15) is 5.10 Å². The van der Waals surface area contributed by atoms with Crippen LogP contribution in [0.4, 0.5) is 5.69 Å². The first-order valence-corrected chi connectivity index (χ1v) is 12.4. The molecule has 1 aliphatic rings. The normalized spacial score (nSPS) is 13.5. The maximum Gasteiger partial charge on any atom is 0.280 e. The van der Waals surface area contributed by atoms with Crippen LogP contribution in [0.15, 0.2) is 54.7 Å². The predicted octanol–water partition coefficient (Wildman–Crippen LogP) is 5.48. The molecular formula is C28H39N3O5. The Morgan fingerprint density at radius 3 is 2.11 bits per heavy atom. The summed E-state index contributed by atoms with van der Waals surface area (Å²) in [5.41, 5.74) is 3.35. The van der Waals surface area contributed by atoms with Crippen LogP contribution in [0.25, 0.3) is 11.3 Å². The number of methoxy groups -OCH3 is 3. The van der Waals surface area contributed by atoms with Crippen molar-refractivity contribution >= 4 is 11.6 Å². The molecule has 1 fully saturated rings. The fourth-order valence-corrected chi connectivity index (χ4v) is 3.78. The third-order valence-electron chi connectivity index (χ3n) is 5.53. The molecular weight excluding hydrogens is 458 g/mol. The van der Waals surface area contributed by atoms with Crippen molar-refractivity contribution in [1.29, 1.82) is 0 Å². The lowest BCUT2D eigenvalue weighted by Gasteiger charge is -2.29. The molecule has 1 saturated heterocycles. The van der Waals surface area contributed by atoms with E-state index in [0.29, 0.717) is 17.2 Å². The first kappa shape index (κ1) is 28.9. The van der Waals surface area contributed by atoms with Crippen molar-refractivity contribution < 1.29 is 23.7 Å². The Kier molecular flexibility index (Phi) is 12.0. The molecule has 0 spiro atoms. The van der Waals surface area contributed by atoms with Gasteiger partial charge in [-0.1, -0.05) is 39.8 Å². The highest BCUT2D eigenvalue weighted by Crippen LogP contribution is 2.32. The Morgan fingerprint density at radius 1 is 0.889 bits per heavy atom. The summed E-state index contributed by atoms with van der Waals surface area (Å²) in [5, 5.41) is 4.47. The van der Waals surface area contributed by atoms with Crippen molar-refractivity contribution in [1.82, 2.24) is 9.78 Å². The van der Waals surface area contributed by atoms with Gasteiger partial charge in [0.1, 0.15) is 0 Å². The quantitative estimate of drug-likeness (QED) is 0.428. The van der Waals surface area contributed by atoms with Gasteiger partial charge in [0.2, 0.25) is 0 Å². The molecule has 8 nitrogen and oxygen atoms in total. The molecule has 0 amide bonds. The average molecular weight is 498 g/mol. The van der Waals surface area contributed by atoms with Crippen LogP contribution in [0.2, 0.25) is 0 Å². The SMILES string of the molecule is CC.CC.COc1ccc(-c2ccn(C(=O)C(OC)c3ccc(N4CCOCC4)cc3)n2)cc1OC. The van der Waals surface area contributed by atoms with E-state index in [1.54, 1.807) is 26.5 Å². The average Bonchev–Trinajstić information content (AvgIpc) is 3.46. The van der Waals surface area contributed by atoms with Gasteiger partial charge < -0.3 is 23.8 Å². The number of morpholine rings is 1. The van der Waals surface area contributed by atoms with Gasteiger partial charge in [0.05, 0.1) is 33.1 Å². The van der Waals surface area contributed by atoms with Gasteiger partial charge in [-0.25, -0.2) is 4.68 Å². The molecule has 2 heterocycles. The molecule has 1 unspecified atom stereocenters. The fourth-order valence-electron chi connectivity index (χ4n) is 3.78. The van der Waals surface area contributed by atoms with Crippen LogP contribution in [0, 0.1) is 0 Å². The number of carbonyl (C=O) groups excluding carboxylic acids is 1. The van der Waals surface area contributed by atoms with Crippen LogP contribution in [0.1, 0.15) is 44.2 Å². The second kappa shape index (κ2) is 14.9. The van der Waals surface area contributed by atoms with E-state index in [1.807, 2.05) is 70.2 Å². The van der Waals surface area contributed by atoms with Crippen molar-refractivity contribution in [3.63, 3.8) is 0 Å². The van der Waals surface area contributed by atoms with E-state index in [-0.39, 0.29) is 5.91 Å². The van der Waals surface area contributed by atoms with Gasteiger partial charge >= 0.3 is 0 Å². The second-order valence-corrected chi connectivity index (χ2v) is 7.36. The second-order valence-electron chi connectivity index (χ2n) is 7.36. The molecule has 36 heavy (non-hydrogen) atoms. The molecule has 196 valence electrons. The van der Waals surface area contributed by atoms with Crippen molar-refractivity contribution in [3.05, 3.63) is 60.3 Å². The topological polar surface area (TPSA) is 75.1 Å². The molecule has 0 aliphatic carbocycles. The number of rotatable bonds is 7. The van der Waals surface area contributed by atoms with E-state index in [4.69, 9.17) is 18.9 Å². The van der Waals surface area contributed by atoms with E-state index < -0.39 is 6.10 Å². The third kappa shape index (κ3) is 6.86. The number of aromatic nitrogens is 2. The van der Waals surface area contributed by atoms with Gasteiger partial charge in [0.25, 0.3) is 5.91 Å². The van der Waals surface area contributed by atoms with Crippen LogP contribution >= 0.6 is 0 Å². The third-order valence-corrected chi connectivity index (χ3v) is 5.53. The minimum Gasteiger partial charge on any atom is -0.493 e. The highest BCUT2D eigenvalue weighted by molar-refractivity contribution is 5.84. The van der Waals surface area contributed by atoms with Gasteiger partial charge in [0, 0.05) is 37.6 Å². The number of benzene rings is 2. The molecule has 8 heteroatoms. The molecule has 0 saturated carbocycles. The number of anilines is 1.